The van der Waals surface area contributed by atoms with Gasteiger partial charge in [0.2, 0.25) is 0 Å². The van der Waals surface area contributed by atoms with Crippen molar-refractivity contribution in [1.29, 1.82) is 0 Å². The first-order valence-corrected chi connectivity index (χ1v) is 11.2. The fourth-order valence-corrected chi connectivity index (χ4v) is 4.10. The van der Waals surface area contributed by atoms with Crippen LogP contribution in [-0.2, 0) is 4.74 Å². The summed E-state index contributed by atoms with van der Waals surface area (Å²) in [5.74, 6) is 1.40. The second-order valence-corrected chi connectivity index (χ2v) is 8.49. The minimum Gasteiger partial charge on any atom is -0.491 e. The minimum atomic E-state index is -4.84. The molecule has 2 nitrogen and oxygen atoms in total. The molecule has 1 aliphatic heterocycles. The number of rotatable bonds is 6. The number of benzene rings is 3. The zero-order valence-electron chi connectivity index (χ0n) is 18.8. The number of allylic oxidation sites excluding steroid dienone is 1. The third kappa shape index (κ3) is 6.20. The molecule has 0 aliphatic carbocycles. The summed E-state index contributed by atoms with van der Waals surface area (Å²) in [6, 6.07) is 12.9. The highest BCUT2D eigenvalue weighted by atomic mass is 19.4. The molecule has 3 aromatic carbocycles. The van der Waals surface area contributed by atoms with Gasteiger partial charge in [0.1, 0.15) is 24.0 Å². The third-order valence-corrected chi connectivity index (χ3v) is 5.95. The molecule has 7 heteroatoms. The Bertz CT molecular complexity index is 1260. The summed E-state index contributed by atoms with van der Waals surface area (Å²) in [6.45, 7) is 4.93. The van der Waals surface area contributed by atoms with Crippen molar-refractivity contribution in [3.05, 3.63) is 78.4 Å². The van der Waals surface area contributed by atoms with Crippen molar-refractivity contribution in [3.8, 4) is 28.7 Å². The standard InChI is InChI=1S/C28H23F5O2/c1-2-3-18-4-8-23(34-16-18)17-35-22-9-5-19(6-10-22)20-7-11-24-21(14-20)15-26(29)25(27(24)30)12-13-28(31,32)33/h2,5-7,9-11,14-15,18,23H,1,3-4,8,16-17H2. The van der Waals surface area contributed by atoms with E-state index in [1.165, 1.54) is 6.07 Å². The first kappa shape index (κ1) is 24.7. The molecule has 1 fully saturated rings. The lowest BCUT2D eigenvalue weighted by molar-refractivity contribution is -0.0696. The molecule has 0 saturated carbocycles. The van der Waals surface area contributed by atoms with Crippen LogP contribution >= 0.6 is 0 Å². The Kier molecular flexibility index (Phi) is 7.42. The average Bonchev–Trinajstić information content (AvgIpc) is 2.83. The Labute approximate surface area is 200 Å². The maximum absolute atomic E-state index is 14.6. The molecule has 2 atom stereocenters. The van der Waals surface area contributed by atoms with Crippen LogP contribution in [0.4, 0.5) is 22.0 Å². The summed E-state index contributed by atoms with van der Waals surface area (Å²) in [5, 5.41) is 0.212. The molecule has 1 heterocycles. The van der Waals surface area contributed by atoms with Gasteiger partial charge in [-0.1, -0.05) is 36.3 Å². The van der Waals surface area contributed by atoms with Gasteiger partial charge in [-0.15, -0.1) is 6.58 Å². The average molecular weight is 486 g/mol. The van der Waals surface area contributed by atoms with Crippen LogP contribution in [0.5, 0.6) is 5.75 Å². The maximum atomic E-state index is 14.6. The van der Waals surface area contributed by atoms with E-state index in [1.807, 2.05) is 18.2 Å². The van der Waals surface area contributed by atoms with Gasteiger partial charge in [0.25, 0.3) is 0 Å². The zero-order chi connectivity index (χ0) is 25.0. The van der Waals surface area contributed by atoms with E-state index in [-0.39, 0.29) is 16.9 Å². The van der Waals surface area contributed by atoms with Gasteiger partial charge in [-0.3, -0.25) is 0 Å². The first-order chi connectivity index (χ1) is 16.7. The summed E-state index contributed by atoms with van der Waals surface area (Å²) in [5.41, 5.74) is 0.588. The van der Waals surface area contributed by atoms with Gasteiger partial charge in [0.15, 0.2) is 0 Å². The van der Waals surface area contributed by atoms with Crippen molar-refractivity contribution < 1.29 is 31.4 Å². The van der Waals surface area contributed by atoms with Crippen molar-refractivity contribution in [2.45, 2.75) is 31.5 Å². The van der Waals surface area contributed by atoms with Crippen molar-refractivity contribution >= 4 is 10.8 Å². The van der Waals surface area contributed by atoms with Crippen LogP contribution in [-0.4, -0.2) is 25.5 Å². The summed E-state index contributed by atoms with van der Waals surface area (Å²) in [6.07, 6.45) is 0.0938. The summed E-state index contributed by atoms with van der Waals surface area (Å²) < 4.78 is 77.7. The summed E-state index contributed by atoms with van der Waals surface area (Å²) in [7, 11) is 0. The zero-order valence-corrected chi connectivity index (χ0v) is 18.8. The predicted molar refractivity (Wildman–Crippen MR) is 125 cm³/mol. The number of hydrogen-bond acceptors (Lipinski definition) is 2. The molecule has 1 saturated heterocycles. The summed E-state index contributed by atoms with van der Waals surface area (Å²) in [4.78, 5) is 0. The largest absolute Gasteiger partial charge is 0.491 e. The van der Waals surface area contributed by atoms with Gasteiger partial charge in [-0.05, 0) is 66.0 Å². The van der Waals surface area contributed by atoms with Gasteiger partial charge in [-0.2, -0.15) is 13.2 Å². The molecule has 2 unspecified atom stereocenters. The van der Waals surface area contributed by atoms with E-state index in [4.69, 9.17) is 9.47 Å². The van der Waals surface area contributed by atoms with Gasteiger partial charge < -0.3 is 9.47 Å². The smallest absolute Gasteiger partial charge is 0.458 e. The Morgan fingerprint density at radius 3 is 2.43 bits per heavy atom. The molecule has 0 amide bonds. The third-order valence-electron chi connectivity index (χ3n) is 5.95. The molecule has 0 N–H and O–H groups in total. The van der Waals surface area contributed by atoms with E-state index in [0.29, 0.717) is 30.4 Å². The molecular formula is C28H23F5O2. The normalized spacial score (nSPS) is 18.1. The number of ether oxygens (including phenoxy) is 2. The highest BCUT2D eigenvalue weighted by Gasteiger charge is 2.24. The molecular weight excluding hydrogens is 463 g/mol. The second-order valence-electron chi connectivity index (χ2n) is 8.49. The topological polar surface area (TPSA) is 18.5 Å². The Morgan fingerprint density at radius 1 is 1.03 bits per heavy atom. The number of fused-ring (bicyclic) bond motifs is 1. The molecule has 182 valence electrons. The van der Waals surface area contributed by atoms with Crippen molar-refractivity contribution in [2.24, 2.45) is 5.92 Å². The van der Waals surface area contributed by atoms with E-state index < -0.39 is 23.4 Å². The molecule has 0 aromatic heterocycles. The van der Waals surface area contributed by atoms with E-state index >= 15 is 0 Å². The highest BCUT2D eigenvalue weighted by molar-refractivity contribution is 5.89. The Balaban J connectivity index is 1.45. The summed E-state index contributed by atoms with van der Waals surface area (Å²) >= 11 is 0. The fourth-order valence-electron chi connectivity index (χ4n) is 4.10. The van der Waals surface area contributed by atoms with Crippen LogP contribution in [0, 0.1) is 29.4 Å². The van der Waals surface area contributed by atoms with Crippen LogP contribution < -0.4 is 4.74 Å². The van der Waals surface area contributed by atoms with Crippen molar-refractivity contribution in [2.75, 3.05) is 13.2 Å². The molecule has 0 bridgehead atoms. The lowest BCUT2D eigenvalue weighted by atomic mass is 9.96. The SMILES string of the molecule is C=CCC1CCC(COc2ccc(-c3ccc4c(F)c(C#CC(F)(F)F)c(F)cc4c3)cc2)OC1. The molecule has 35 heavy (non-hydrogen) atoms. The fraction of sp³-hybridized carbons (Fsp3) is 0.286. The number of hydrogen-bond donors (Lipinski definition) is 0. The molecule has 0 radical (unpaired) electrons. The maximum Gasteiger partial charge on any atom is 0.458 e. The lowest BCUT2D eigenvalue weighted by Gasteiger charge is -2.28. The van der Waals surface area contributed by atoms with Crippen molar-refractivity contribution in [1.82, 2.24) is 0 Å². The molecule has 4 rings (SSSR count). The van der Waals surface area contributed by atoms with Gasteiger partial charge in [0.05, 0.1) is 18.3 Å². The van der Waals surface area contributed by atoms with E-state index in [1.54, 1.807) is 30.2 Å². The monoisotopic (exact) mass is 486 g/mol. The second kappa shape index (κ2) is 10.5. The Hall–Kier alpha value is -3.37. The Morgan fingerprint density at radius 2 is 1.77 bits per heavy atom. The van der Waals surface area contributed by atoms with Crippen LogP contribution in [0.3, 0.4) is 0 Å². The highest BCUT2D eigenvalue weighted by Crippen LogP contribution is 2.30. The predicted octanol–water partition coefficient (Wildman–Crippen LogP) is 7.45. The van der Waals surface area contributed by atoms with Crippen molar-refractivity contribution in [3.63, 3.8) is 0 Å². The van der Waals surface area contributed by atoms with E-state index in [9.17, 15) is 22.0 Å². The molecule has 0 spiro atoms. The van der Waals surface area contributed by atoms with Gasteiger partial charge in [-0.25, -0.2) is 8.78 Å². The van der Waals surface area contributed by atoms with Gasteiger partial charge in [0, 0.05) is 11.3 Å². The lowest BCUT2D eigenvalue weighted by Crippen LogP contribution is -2.30. The van der Waals surface area contributed by atoms with E-state index in [0.717, 1.165) is 36.8 Å². The number of alkyl halides is 3. The van der Waals surface area contributed by atoms with Gasteiger partial charge >= 0.3 is 6.18 Å². The quantitative estimate of drug-likeness (QED) is 0.205. The number of halogens is 5. The van der Waals surface area contributed by atoms with Crippen LogP contribution in [0.15, 0.2) is 61.2 Å². The van der Waals surface area contributed by atoms with E-state index in [2.05, 4.69) is 6.58 Å². The minimum absolute atomic E-state index is 0.00982. The first-order valence-electron chi connectivity index (χ1n) is 11.2. The van der Waals surface area contributed by atoms with Crippen LogP contribution in [0.25, 0.3) is 21.9 Å². The van der Waals surface area contributed by atoms with Crippen LogP contribution in [0.1, 0.15) is 24.8 Å². The van der Waals surface area contributed by atoms with Crippen LogP contribution in [0.2, 0.25) is 0 Å². The molecule has 3 aromatic rings. The molecule has 1 aliphatic rings.